The molecule has 0 aliphatic rings. The summed E-state index contributed by atoms with van der Waals surface area (Å²) in [6.45, 7) is 2.83. The third-order valence-electron chi connectivity index (χ3n) is 3.75. The van der Waals surface area contributed by atoms with E-state index in [1.54, 1.807) is 0 Å². The van der Waals surface area contributed by atoms with E-state index in [-0.39, 0.29) is 6.10 Å². The lowest BCUT2D eigenvalue weighted by Crippen LogP contribution is -2.18. The van der Waals surface area contributed by atoms with Gasteiger partial charge in [0.05, 0.1) is 5.56 Å². The SMILES string of the molecule is Cc1ccc(C(CCN(C)C)Oc2ccc(C(F)(F)F)cc2)cc1.O=S=O. The largest absolute Gasteiger partial charge is 0.486 e. The fourth-order valence-corrected chi connectivity index (χ4v) is 2.34. The van der Waals surface area contributed by atoms with Crippen molar-refractivity contribution in [1.82, 2.24) is 4.90 Å². The van der Waals surface area contributed by atoms with Gasteiger partial charge in [-0.25, -0.2) is 0 Å². The summed E-state index contributed by atoms with van der Waals surface area (Å²) >= 11 is -0.750. The van der Waals surface area contributed by atoms with Crippen molar-refractivity contribution in [3.63, 3.8) is 0 Å². The van der Waals surface area contributed by atoms with Crippen LogP contribution in [0.1, 0.15) is 29.2 Å². The second kappa shape index (κ2) is 10.8. The van der Waals surface area contributed by atoms with Crippen molar-refractivity contribution >= 4 is 11.6 Å². The van der Waals surface area contributed by atoms with E-state index in [2.05, 4.69) is 4.90 Å². The van der Waals surface area contributed by atoms with Gasteiger partial charge in [0.1, 0.15) is 11.9 Å². The van der Waals surface area contributed by atoms with Gasteiger partial charge in [0.2, 0.25) is 0 Å². The van der Waals surface area contributed by atoms with E-state index in [1.807, 2.05) is 45.3 Å². The van der Waals surface area contributed by atoms with Gasteiger partial charge in [-0.05, 0) is 50.8 Å². The zero-order chi connectivity index (χ0) is 20.4. The molecule has 0 N–H and O–H groups in total. The van der Waals surface area contributed by atoms with Crippen LogP contribution in [0.5, 0.6) is 5.75 Å². The molecule has 0 radical (unpaired) electrons. The van der Waals surface area contributed by atoms with Crippen LogP contribution >= 0.6 is 0 Å². The summed E-state index contributed by atoms with van der Waals surface area (Å²) in [5.41, 5.74) is 1.50. The third kappa shape index (κ3) is 8.36. The molecule has 148 valence electrons. The van der Waals surface area contributed by atoms with Crippen molar-refractivity contribution in [2.75, 3.05) is 20.6 Å². The van der Waals surface area contributed by atoms with Crippen molar-refractivity contribution in [1.29, 1.82) is 0 Å². The average molecular weight is 401 g/mol. The molecule has 0 heterocycles. The fraction of sp³-hybridized carbons (Fsp3) is 0.368. The van der Waals surface area contributed by atoms with Gasteiger partial charge in [0, 0.05) is 13.0 Å². The Morgan fingerprint density at radius 3 is 1.96 bits per heavy atom. The van der Waals surface area contributed by atoms with E-state index in [1.165, 1.54) is 12.1 Å². The van der Waals surface area contributed by atoms with Crippen LogP contribution in [-0.2, 0) is 17.7 Å². The van der Waals surface area contributed by atoms with E-state index in [9.17, 15) is 13.2 Å². The minimum atomic E-state index is -4.33. The minimum absolute atomic E-state index is 0.204. The predicted molar refractivity (Wildman–Crippen MR) is 98.1 cm³/mol. The molecular weight excluding hydrogens is 379 g/mol. The molecule has 0 saturated heterocycles. The molecule has 0 saturated carbocycles. The number of benzene rings is 2. The first-order chi connectivity index (χ1) is 12.7. The van der Waals surface area contributed by atoms with Crippen molar-refractivity contribution in [2.45, 2.75) is 25.6 Å². The number of hydrogen-bond donors (Lipinski definition) is 0. The maximum absolute atomic E-state index is 12.6. The number of aryl methyl sites for hydroxylation is 1. The molecule has 0 bridgehead atoms. The molecule has 0 fully saturated rings. The molecule has 27 heavy (non-hydrogen) atoms. The zero-order valence-electron chi connectivity index (χ0n) is 15.3. The number of rotatable bonds is 6. The van der Waals surface area contributed by atoms with E-state index < -0.39 is 23.3 Å². The molecule has 0 aliphatic carbocycles. The number of nitrogens with zero attached hydrogens (tertiary/aromatic N) is 1. The Bertz CT molecular complexity index is 725. The summed E-state index contributed by atoms with van der Waals surface area (Å²) in [7, 11) is 3.95. The first kappa shape index (κ1) is 22.9. The summed E-state index contributed by atoms with van der Waals surface area (Å²) in [4.78, 5) is 2.05. The van der Waals surface area contributed by atoms with Gasteiger partial charge >= 0.3 is 17.7 Å². The van der Waals surface area contributed by atoms with Gasteiger partial charge in [-0.2, -0.15) is 21.6 Å². The molecule has 0 amide bonds. The van der Waals surface area contributed by atoms with Crippen molar-refractivity contribution in [3.8, 4) is 5.75 Å². The van der Waals surface area contributed by atoms with Crippen molar-refractivity contribution < 1.29 is 26.3 Å². The van der Waals surface area contributed by atoms with Crippen LogP contribution in [-0.4, -0.2) is 34.0 Å². The van der Waals surface area contributed by atoms with Crippen LogP contribution in [0.15, 0.2) is 48.5 Å². The molecule has 2 aromatic carbocycles. The summed E-state index contributed by atoms with van der Waals surface area (Å²) in [5.74, 6) is 0.437. The Balaban J connectivity index is 0.00000114. The number of ether oxygens (including phenoxy) is 1. The van der Waals surface area contributed by atoms with E-state index in [4.69, 9.17) is 13.2 Å². The molecule has 0 spiro atoms. The smallest absolute Gasteiger partial charge is 0.416 e. The molecule has 1 atom stereocenters. The molecule has 2 rings (SSSR count). The molecule has 0 aromatic heterocycles. The maximum Gasteiger partial charge on any atom is 0.416 e. The molecule has 0 aliphatic heterocycles. The number of hydrogen-bond acceptors (Lipinski definition) is 4. The Morgan fingerprint density at radius 2 is 1.52 bits per heavy atom. The standard InChI is InChI=1S/C19H22F3NO.O2S/c1-14-4-6-15(7-5-14)18(12-13-23(2)3)24-17-10-8-16(9-11-17)19(20,21)22;1-3-2/h4-11,18H,12-13H2,1-3H3;. The molecular formula is C19H22F3NO3S. The highest BCUT2D eigenvalue weighted by molar-refractivity contribution is 7.51. The first-order valence-corrected chi connectivity index (χ1v) is 8.81. The van der Waals surface area contributed by atoms with Crippen molar-refractivity contribution in [3.05, 3.63) is 65.2 Å². The molecule has 1 unspecified atom stereocenters. The Kier molecular flexibility index (Phi) is 9.17. The monoisotopic (exact) mass is 401 g/mol. The van der Waals surface area contributed by atoms with Crippen LogP contribution in [0.2, 0.25) is 0 Å². The lowest BCUT2D eigenvalue weighted by Gasteiger charge is -2.22. The minimum Gasteiger partial charge on any atom is -0.486 e. The second-order valence-electron chi connectivity index (χ2n) is 6.20. The van der Waals surface area contributed by atoms with Gasteiger partial charge in [-0.1, -0.05) is 29.8 Å². The topological polar surface area (TPSA) is 46.6 Å². The van der Waals surface area contributed by atoms with E-state index in [0.717, 1.165) is 36.2 Å². The van der Waals surface area contributed by atoms with Gasteiger partial charge < -0.3 is 9.64 Å². The lowest BCUT2D eigenvalue weighted by molar-refractivity contribution is -0.137. The zero-order valence-corrected chi connectivity index (χ0v) is 16.1. The van der Waals surface area contributed by atoms with Crippen LogP contribution in [0.3, 0.4) is 0 Å². The van der Waals surface area contributed by atoms with Gasteiger partial charge in [-0.3, -0.25) is 0 Å². The third-order valence-corrected chi connectivity index (χ3v) is 3.75. The molecule has 4 nitrogen and oxygen atoms in total. The van der Waals surface area contributed by atoms with Crippen LogP contribution in [0.25, 0.3) is 0 Å². The first-order valence-electron chi connectivity index (χ1n) is 8.14. The highest BCUT2D eigenvalue weighted by Crippen LogP contribution is 2.32. The summed E-state index contributed by atoms with van der Waals surface area (Å²) in [6, 6.07) is 12.9. The number of alkyl halides is 3. The Hall–Kier alpha value is -2.19. The van der Waals surface area contributed by atoms with E-state index in [0.29, 0.717) is 5.75 Å². The van der Waals surface area contributed by atoms with Gasteiger partial charge in [-0.15, -0.1) is 0 Å². The van der Waals surface area contributed by atoms with Gasteiger partial charge in [0.25, 0.3) is 0 Å². The van der Waals surface area contributed by atoms with Crippen LogP contribution in [0, 0.1) is 6.92 Å². The highest BCUT2D eigenvalue weighted by atomic mass is 32.1. The summed E-state index contributed by atoms with van der Waals surface area (Å²) < 4.78 is 60.5. The summed E-state index contributed by atoms with van der Waals surface area (Å²) in [5, 5.41) is 0. The lowest BCUT2D eigenvalue weighted by atomic mass is 10.0. The predicted octanol–water partition coefficient (Wildman–Crippen LogP) is 4.42. The second-order valence-corrected chi connectivity index (χ2v) is 6.34. The number of halogens is 3. The van der Waals surface area contributed by atoms with E-state index >= 15 is 0 Å². The Morgan fingerprint density at radius 1 is 1.00 bits per heavy atom. The average Bonchev–Trinajstić information content (AvgIpc) is 2.59. The summed E-state index contributed by atoms with van der Waals surface area (Å²) in [6.07, 6.45) is -3.79. The van der Waals surface area contributed by atoms with Crippen molar-refractivity contribution in [2.24, 2.45) is 0 Å². The van der Waals surface area contributed by atoms with Gasteiger partial charge in [0.15, 0.2) is 0 Å². The Labute approximate surface area is 160 Å². The maximum atomic E-state index is 12.6. The quantitative estimate of drug-likeness (QED) is 0.719. The highest BCUT2D eigenvalue weighted by Gasteiger charge is 2.30. The normalized spacial score (nSPS) is 12.1. The molecule has 8 heteroatoms. The van der Waals surface area contributed by atoms with Crippen LogP contribution < -0.4 is 4.74 Å². The van der Waals surface area contributed by atoms with Crippen LogP contribution in [0.4, 0.5) is 13.2 Å². The molecule has 2 aromatic rings. The fourth-order valence-electron chi connectivity index (χ4n) is 2.34.